The molecule has 0 fully saturated rings. The number of carbonyl (C=O) groups excluding carboxylic acids is 1. The molecule has 30 heavy (non-hydrogen) atoms. The molecule has 0 radical (unpaired) electrons. The number of likely N-dealkylation sites (N-methyl/N-ethyl adjacent to an activating group) is 1. The number of para-hydroxylation sites is 1. The van der Waals surface area contributed by atoms with Gasteiger partial charge in [0.15, 0.2) is 11.5 Å². The number of nitrogens with zero attached hydrogens (tertiary/aromatic N) is 2. The zero-order valence-corrected chi connectivity index (χ0v) is 18.6. The summed E-state index contributed by atoms with van der Waals surface area (Å²) in [5.41, 5.74) is 4.85. The van der Waals surface area contributed by atoms with E-state index < -0.39 is 22.5 Å². The number of hydrazone groups is 1. The number of hydrogen-bond donors (Lipinski definition) is 2. The minimum atomic E-state index is -3.84. The molecule has 0 aromatic heterocycles. The number of hydrogen-bond acceptors (Lipinski definition) is 6. The van der Waals surface area contributed by atoms with Gasteiger partial charge >= 0.3 is 0 Å². The van der Waals surface area contributed by atoms with Gasteiger partial charge in [0.2, 0.25) is 10.0 Å². The lowest BCUT2D eigenvalue weighted by Crippen LogP contribution is -2.37. The van der Waals surface area contributed by atoms with E-state index in [1.165, 1.54) is 13.3 Å². The van der Waals surface area contributed by atoms with E-state index in [0.29, 0.717) is 29.0 Å². The van der Waals surface area contributed by atoms with Gasteiger partial charge in [-0.2, -0.15) is 9.41 Å². The molecule has 0 unspecified atom stereocenters. The fourth-order valence-corrected chi connectivity index (χ4v) is 4.67. The number of ether oxygens (including phenoxy) is 1. The first kappa shape index (κ1) is 23.4. The Kier molecular flexibility index (Phi) is 7.58. The van der Waals surface area contributed by atoms with Crippen molar-refractivity contribution in [2.24, 2.45) is 5.10 Å². The van der Waals surface area contributed by atoms with Crippen molar-refractivity contribution in [1.82, 2.24) is 9.73 Å². The minimum absolute atomic E-state index is 0.0950. The average molecular weight is 434 g/mol. The molecule has 0 aliphatic rings. The molecule has 0 saturated heterocycles. The molecular formula is C21H27N3O5S. The Morgan fingerprint density at radius 3 is 2.47 bits per heavy atom. The number of carbonyl (C=O) groups is 1. The highest BCUT2D eigenvalue weighted by atomic mass is 32.2. The number of phenols is 1. The second kappa shape index (κ2) is 9.73. The molecule has 0 atom stereocenters. The first-order valence-electron chi connectivity index (χ1n) is 9.38. The smallest absolute Gasteiger partial charge is 0.255 e. The third kappa shape index (κ3) is 5.37. The maximum atomic E-state index is 12.9. The van der Waals surface area contributed by atoms with Gasteiger partial charge in [0.05, 0.1) is 24.3 Å². The van der Waals surface area contributed by atoms with Gasteiger partial charge in [-0.25, -0.2) is 13.8 Å². The van der Waals surface area contributed by atoms with Crippen LogP contribution in [0, 0.1) is 20.8 Å². The highest BCUT2D eigenvalue weighted by molar-refractivity contribution is 7.89. The Hall–Kier alpha value is -2.91. The van der Waals surface area contributed by atoms with Crippen LogP contribution in [0.25, 0.3) is 0 Å². The van der Waals surface area contributed by atoms with Crippen molar-refractivity contribution >= 4 is 22.1 Å². The van der Waals surface area contributed by atoms with Crippen molar-refractivity contribution in [3.05, 3.63) is 52.6 Å². The van der Waals surface area contributed by atoms with E-state index in [1.807, 2.05) is 6.92 Å². The van der Waals surface area contributed by atoms with Crippen LogP contribution in [0.4, 0.5) is 0 Å². The first-order chi connectivity index (χ1) is 14.1. The number of aromatic hydroxyl groups is 1. The normalized spacial score (nSPS) is 11.8. The Balaban J connectivity index is 2.08. The summed E-state index contributed by atoms with van der Waals surface area (Å²) >= 11 is 0. The van der Waals surface area contributed by atoms with Crippen LogP contribution in [-0.4, -0.2) is 50.2 Å². The summed E-state index contributed by atoms with van der Waals surface area (Å²) < 4.78 is 32.1. The molecule has 2 aromatic rings. The molecule has 2 N–H and O–H groups in total. The van der Waals surface area contributed by atoms with Gasteiger partial charge in [0.25, 0.3) is 5.91 Å². The van der Waals surface area contributed by atoms with Crippen molar-refractivity contribution in [3.8, 4) is 11.5 Å². The van der Waals surface area contributed by atoms with Gasteiger partial charge in [-0.1, -0.05) is 23.8 Å². The highest BCUT2D eigenvalue weighted by Crippen LogP contribution is 2.28. The predicted octanol–water partition coefficient (Wildman–Crippen LogP) is 2.49. The molecule has 0 bridgehead atoms. The monoisotopic (exact) mass is 433 g/mol. The topological polar surface area (TPSA) is 108 Å². The van der Waals surface area contributed by atoms with Crippen molar-refractivity contribution in [3.63, 3.8) is 0 Å². The van der Waals surface area contributed by atoms with Gasteiger partial charge in [-0.15, -0.1) is 0 Å². The molecule has 1 amide bonds. The Labute approximate surface area is 177 Å². The summed E-state index contributed by atoms with van der Waals surface area (Å²) in [6.45, 7) is 7.14. The van der Waals surface area contributed by atoms with Crippen LogP contribution in [0.1, 0.15) is 29.2 Å². The molecular weight excluding hydrogens is 406 g/mol. The zero-order chi connectivity index (χ0) is 22.5. The van der Waals surface area contributed by atoms with E-state index in [2.05, 4.69) is 10.5 Å². The molecule has 0 aliphatic carbocycles. The van der Waals surface area contributed by atoms with Gasteiger partial charge in [0, 0.05) is 12.6 Å². The summed E-state index contributed by atoms with van der Waals surface area (Å²) in [5, 5.41) is 13.9. The summed E-state index contributed by atoms with van der Waals surface area (Å²) in [6.07, 6.45) is 1.26. The summed E-state index contributed by atoms with van der Waals surface area (Å²) in [5.74, 6) is -0.398. The van der Waals surface area contributed by atoms with Crippen LogP contribution in [-0.2, 0) is 14.8 Å². The van der Waals surface area contributed by atoms with Crippen LogP contribution in [0.5, 0.6) is 11.5 Å². The van der Waals surface area contributed by atoms with Gasteiger partial charge in [0.1, 0.15) is 0 Å². The molecule has 0 saturated carbocycles. The van der Waals surface area contributed by atoms with E-state index in [9.17, 15) is 18.3 Å². The quantitative estimate of drug-likeness (QED) is 0.491. The van der Waals surface area contributed by atoms with E-state index in [0.717, 1.165) is 9.87 Å². The number of amides is 1. The molecule has 9 heteroatoms. The van der Waals surface area contributed by atoms with Crippen LogP contribution in [0.2, 0.25) is 0 Å². The summed E-state index contributed by atoms with van der Waals surface area (Å²) in [7, 11) is -2.50. The van der Waals surface area contributed by atoms with Crippen molar-refractivity contribution in [2.75, 3.05) is 20.2 Å². The van der Waals surface area contributed by atoms with E-state index in [1.54, 1.807) is 51.1 Å². The van der Waals surface area contributed by atoms with Crippen molar-refractivity contribution < 1.29 is 23.1 Å². The maximum absolute atomic E-state index is 12.9. The molecule has 2 rings (SSSR count). The largest absolute Gasteiger partial charge is 0.504 e. The van der Waals surface area contributed by atoms with E-state index in [4.69, 9.17) is 4.74 Å². The number of nitrogens with one attached hydrogen (secondary N) is 1. The first-order valence-corrected chi connectivity index (χ1v) is 10.8. The molecule has 0 spiro atoms. The Morgan fingerprint density at radius 1 is 1.23 bits per heavy atom. The zero-order valence-electron chi connectivity index (χ0n) is 17.8. The Morgan fingerprint density at radius 2 is 1.87 bits per heavy atom. The van der Waals surface area contributed by atoms with Crippen LogP contribution in [0.15, 0.2) is 40.3 Å². The lowest BCUT2D eigenvalue weighted by Gasteiger charge is -2.19. The maximum Gasteiger partial charge on any atom is 0.255 e. The summed E-state index contributed by atoms with van der Waals surface area (Å²) in [4.78, 5) is 12.4. The van der Waals surface area contributed by atoms with Gasteiger partial charge < -0.3 is 9.84 Å². The fourth-order valence-electron chi connectivity index (χ4n) is 3.14. The SMILES string of the molecule is CCOc1cccc(/C=N\NC(=O)CN(C)S(=O)(=O)c2c(C)cc(C)cc2C)c1O. The lowest BCUT2D eigenvalue weighted by atomic mass is 10.1. The molecule has 8 nitrogen and oxygen atoms in total. The molecule has 0 aliphatic heterocycles. The second-order valence-electron chi connectivity index (χ2n) is 6.91. The van der Waals surface area contributed by atoms with E-state index >= 15 is 0 Å². The predicted molar refractivity (Wildman–Crippen MR) is 115 cm³/mol. The fraction of sp³-hybridized carbons (Fsp3) is 0.333. The number of sulfonamides is 1. The van der Waals surface area contributed by atoms with Crippen LogP contribution >= 0.6 is 0 Å². The number of benzene rings is 2. The van der Waals surface area contributed by atoms with Crippen LogP contribution in [0.3, 0.4) is 0 Å². The highest BCUT2D eigenvalue weighted by Gasteiger charge is 2.26. The number of aryl methyl sites for hydroxylation is 3. The molecule has 162 valence electrons. The molecule has 2 aromatic carbocycles. The summed E-state index contributed by atoms with van der Waals surface area (Å²) in [6, 6.07) is 8.49. The third-order valence-corrected chi connectivity index (χ3v) is 6.47. The lowest BCUT2D eigenvalue weighted by molar-refractivity contribution is -0.121. The number of phenolic OH excluding ortho intramolecular Hbond substituents is 1. The van der Waals surface area contributed by atoms with Crippen molar-refractivity contribution in [2.45, 2.75) is 32.6 Å². The average Bonchev–Trinajstić information content (AvgIpc) is 2.63. The standard InChI is InChI=1S/C21H27N3O5S/c1-6-29-18-9-7-8-17(20(18)26)12-22-23-19(25)13-24(5)30(27,28)21-15(3)10-14(2)11-16(21)4/h7-12,26H,6,13H2,1-5H3,(H,23,25)/b22-12-. The number of rotatable bonds is 8. The third-order valence-electron chi connectivity index (χ3n) is 4.36. The van der Waals surface area contributed by atoms with Gasteiger partial charge in [-0.3, -0.25) is 4.79 Å². The minimum Gasteiger partial charge on any atom is -0.504 e. The van der Waals surface area contributed by atoms with Gasteiger partial charge in [-0.05, 0) is 51.0 Å². The van der Waals surface area contributed by atoms with E-state index in [-0.39, 0.29) is 10.6 Å². The molecule has 0 heterocycles. The van der Waals surface area contributed by atoms with Crippen molar-refractivity contribution in [1.29, 1.82) is 0 Å². The Bertz CT molecular complexity index is 1040. The van der Waals surface area contributed by atoms with Crippen LogP contribution < -0.4 is 10.2 Å². The second-order valence-corrected chi connectivity index (χ2v) is 8.89.